The Hall–Kier alpha value is -2.77. The van der Waals surface area contributed by atoms with E-state index in [1.807, 2.05) is 0 Å². The van der Waals surface area contributed by atoms with Crippen LogP contribution in [0.5, 0.6) is 11.5 Å². The molecule has 7 nitrogen and oxygen atoms in total. The number of benzene rings is 2. The predicted molar refractivity (Wildman–Crippen MR) is 113 cm³/mol. The Bertz CT molecular complexity index is 917. The minimum atomic E-state index is -0.865. The number of carbonyl (C=O) groups is 2. The summed E-state index contributed by atoms with van der Waals surface area (Å²) in [6, 6.07) is 10.2. The Morgan fingerprint density at radius 1 is 1.14 bits per heavy atom. The van der Waals surface area contributed by atoms with Gasteiger partial charge in [-0.2, -0.15) is 5.10 Å². The van der Waals surface area contributed by atoms with Crippen molar-refractivity contribution in [3.8, 4) is 11.5 Å². The highest BCUT2D eigenvalue weighted by molar-refractivity contribution is 6.42. The quantitative estimate of drug-likeness (QED) is 0.393. The molecule has 2 aromatic rings. The maximum absolute atomic E-state index is 11.7. The Kier molecular flexibility index (Phi) is 8.30. The number of nitrogens with zero attached hydrogens (tertiary/aromatic N) is 1. The van der Waals surface area contributed by atoms with Crippen molar-refractivity contribution in [2.75, 3.05) is 7.11 Å². The first-order valence-corrected chi connectivity index (χ1v) is 9.45. The molecule has 0 unspecified atom stereocenters. The maximum atomic E-state index is 11.7. The van der Waals surface area contributed by atoms with Crippen LogP contribution >= 0.6 is 23.2 Å². The molecule has 0 fully saturated rings. The molecule has 0 saturated carbocycles. The highest BCUT2D eigenvalue weighted by Crippen LogP contribution is 2.31. The fraction of sp³-hybridized carbons (Fsp3) is 0.250. The van der Waals surface area contributed by atoms with Gasteiger partial charge in [0.1, 0.15) is 6.61 Å². The summed E-state index contributed by atoms with van der Waals surface area (Å²) in [6.07, 6.45) is 1.37. The van der Waals surface area contributed by atoms with Gasteiger partial charge in [0, 0.05) is 11.6 Å². The molecule has 0 spiro atoms. The summed E-state index contributed by atoms with van der Waals surface area (Å²) < 4.78 is 11.2. The number of rotatable bonds is 7. The summed E-state index contributed by atoms with van der Waals surface area (Å²) in [4.78, 5) is 23.3. The van der Waals surface area contributed by atoms with Gasteiger partial charge >= 0.3 is 11.8 Å². The standard InChI is InChI=1S/C20H21Cl2N3O4/c1-12(2)24-19(26)20(27)25-23-10-14-5-4-6-17(28-3)18(14)29-11-13-7-8-15(21)16(22)9-13/h4-10,12H,11H2,1-3H3,(H,24,26)(H,25,27)/b23-10-. The monoisotopic (exact) mass is 437 g/mol. The number of carbonyl (C=O) groups excluding carboxylic acids is 2. The summed E-state index contributed by atoms with van der Waals surface area (Å²) in [5.41, 5.74) is 3.54. The van der Waals surface area contributed by atoms with E-state index in [-0.39, 0.29) is 12.6 Å². The van der Waals surface area contributed by atoms with E-state index in [2.05, 4.69) is 15.8 Å². The average molecular weight is 438 g/mol. The highest BCUT2D eigenvalue weighted by Gasteiger charge is 2.14. The lowest BCUT2D eigenvalue weighted by molar-refractivity contribution is -0.139. The Morgan fingerprint density at radius 2 is 1.90 bits per heavy atom. The van der Waals surface area contributed by atoms with Gasteiger partial charge in [0.2, 0.25) is 0 Å². The van der Waals surface area contributed by atoms with Crippen molar-refractivity contribution in [2.45, 2.75) is 26.5 Å². The lowest BCUT2D eigenvalue weighted by atomic mass is 10.2. The number of methoxy groups -OCH3 is 1. The van der Waals surface area contributed by atoms with Crippen LogP contribution in [-0.2, 0) is 16.2 Å². The number of hydrogen-bond donors (Lipinski definition) is 2. The molecule has 2 amide bonds. The zero-order chi connectivity index (χ0) is 21.4. The molecule has 2 aromatic carbocycles. The summed E-state index contributed by atoms with van der Waals surface area (Å²) in [5.74, 6) is -0.724. The third kappa shape index (κ3) is 6.66. The van der Waals surface area contributed by atoms with Crippen molar-refractivity contribution in [1.29, 1.82) is 0 Å². The van der Waals surface area contributed by atoms with Crippen molar-refractivity contribution < 1.29 is 19.1 Å². The van der Waals surface area contributed by atoms with Crippen LogP contribution in [0.15, 0.2) is 41.5 Å². The fourth-order valence-electron chi connectivity index (χ4n) is 2.27. The van der Waals surface area contributed by atoms with Crippen LogP contribution in [-0.4, -0.2) is 31.2 Å². The van der Waals surface area contributed by atoms with Crippen LogP contribution in [0.3, 0.4) is 0 Å². The molecule has 9 heteroatoms. The number of amides is 2. The van der Waals surface area contributed by atoms with Crippen LogP contribution in [0.1, 0.15) is 25.0 Å². The van der Waals surface area contributed by atoms with Gasteiger partial charge in [0.25, 0.3) is 0 Å². The second-order valence-electron chi connectivity index (χ2n) is 6.24. The van der Waals surface area contributed by atoms with Crippen molar-refractivity contribution in [2.24, 2.45) is 5.10 Å². The van der Waals surface area contributed by atoms with Gasteiger partial charge in [-0.3, -0.25) is 9.59 Å². The Labute approximate surface area is 179 Å². The average Bonchev–Trinajstić information content (AvgIpc) is 2.68. The fourth-order valence-corrected chi connectivity index (χ4v) is 2.59. The lowest BCUT2D eigenvalue weighted by Crippen LogP contribution is -2.41. The molecule has 0 heterocycles. The summed E-state index contributed by atoms with van der Waals surface area (Å²) >= 11 is 12.0. The van der Waals surface area contributed by atoms with E-state index in [9.17, 15) is 9.59 Å². The molecule has 0 saturated heterocycles. The molecule has 0 aromatic heterocycles. The molecule has 154 valence electrons. The second kappa shape index (κ2) is 10.7. The molecule has 0 aliphatic heterocycles. The van der Waals surface area contributed by atoms with Gasteiger partial charge in [-0.1, -0.05) is 35.3 Å². The molecule has 0 bridgehead atoms. The van der Waals surface area contributed by atoms with Gasteiger partial charge in [0.15, 0.2) is 11.5 Å². The lowest BCUT2D eigenvalue weighted by Gasteiger charge is -2.13. The zero-order valence-corrected chi connectivity index (χ0v) is 17.7. The van der Waals surface area contributed by atoms with Crippen LogP contribution in [0.2, 0.25) is 10.0 Å². The van der Waals surface area contributed by atoms with Crippen molar-refractivity contribution in [3.05, 3.63) is 57.6 Å². The normalized spacial score (nSPS) is 10.8. The maximum Gasteiger partial charge on any atom is 0.329 e. The number of para-hydroxylation sites is 1. The summed E-state index contributed by atoms with van der Waals surface area (Å²) in [5, 5.41) is 7.19. The first-order valence-electron chi connectivity index (χ1n) is 8.69. The SMILES string of the molecule is COc1cccc(/C=N\NC(=O)C(=O)NC(C)C)c1OCc1ccc(Cl)c(Cl)c1. The third-order valence-electron chi connectivity index (χ3n) is 3.59. The van der Waals surface area contributed by atoms with Gasteiger partial charge in [0.05, 0.1) is 23.4 Å². The largest absolute Gasteiger partial charge is 0.493 e. The van der Waals surface area contributed by atoms with Crippen LogP contribution in [0.4, 0.5) is 0 Å². The molecule has 0 aliphatic rings. The van der Waals surface area contributed by atoms with Crippen LogP contribution in [0, 0.1) is 0 Å². The van der Waals surface area contributed by atoms with E-state index in [0.717, 1.165) is 5.56 Å². The molecule has 0 atom stereocenters. The molecule has 2 rings (SSSR count). The van der Waals surface area contributed by atoms with Gasteiger partial charge in [-0.25, -0.2) is 5.43 Å². The number of ether oxygens (including phenoxy) is 2. The minimum absolute atomic E-state index is 0.156. The molecular formula is C20H21Cl2N3O4. The Balaban J connectivity index is 2.13. The molecule has 29 heavy (non-hydrogen) atoms. The van der Waals surface area contributed by atoms with Gasteiger partial charge < -0.3 is 14.8 Å². The van der Waals surface area contributed by atoms with E-state index >= 15 is 0 Å². The summed E-state index contributed by atoms with van der Waals surface area (Å²) in [6.45, 7) is 3.71. The zero-order valence-electron chi connectivity index (χ0n) is 16.2. The van der Waals surface area contributed by atoms with E-state index in [1.165, 1.54) is 13.3 Å². The molecular weight excluding hydrogens is 417 g/mol. The van der Waals surface area contributed by atoms with E-state index in [0.29, 0.717) is 27.1 Å². The van der Waals surface area contributed by atoms with E-state index in [4.69, 9.17) is 32.7 Å². The first kappa shape index (κ1) is 22.5. The first-order chi connectivity index (χ1) is 13.8. The molecule has 2 N–H and O–H groups in total. The molecule has 0 radical (unpaired) electrons. The van der Waals surface area contributed by atoms with Crippen molar-refractivity contribution in [1.82, 2.24) is 10.7 Å². The van der Waals surface area contributed by atoms with Crippen LogP contribution < -0.4 is 20.2 Å². The van der Waals surface area contributed by atoms with E-state index < -0.39 is 11.8 Å². The number of hydrazone groups is 1. The van der Waals surface area contributed by atoms with Gasteiger partial charge in [-0.15, -0.1) is 0 Å². The Morgan fingerprint density at radius 3 is 2.55 bits per heavy atom. The van der Waals surface area contributed by atoms with Gasteiger partial charge in [-0.05, 0) is 43.7 Å². The number of nitrogens with one attached hydrogen (secondary N) is 2. The van der Waals surface area contributed by atoms with E-state index in [1.54, 1.807) is 50.2 Å². The minimum Gasteiger partial charge on any atom is -0.493 e. The topological polar surface area (TPSA) is 89.0 Å². The van der Waals surface area contributed by atoms with Crippen molar-refractivity contribution in [3.63, 3.8) is 0 Å². The van der Waals surface area contributed by atoms with Crippen LogP contribution in [0.25, 0.3) is 0 Å². The number of hydrogen-bond acceptors (Lipinski definition) is 5. The predicted octanol–water partition coefficient (Wildman–Crippen LogP) is 3.56. The number of halogens is 2. The second-order valence-corrected chi connectivity index (χ2v) is 7.06. The third-order valence-corrected chi connectivity index (χ3v) is 4.33. The van der Waals surface area contributed by atoms with Crippen molar-refractivity contribution >= 4 is 41.2 Å². The molecule has 0 aliphatic carbocycles. The smallest absolute Gasteiger partial charge is 0.329 e. The summed E-state index contributed by atoms with van der Waals surface area (Å²) in [7, 11) is 1.51. The highest BCUT2D eigenvalue weighted by atomic mass is 35.5.